The molecule has 0 saturated heterocycles. The molecule has 4 aliphatic rings. The Hall–Kier alpha value is -1.63. The maximum Gasteiger partial charge on any atom is 0.322 e. The van der Waals surface area contributed by atoms with Crippen molar-refractivity contribution in [2.75, 3.05) is 6.54 Å². The summed E-state index contributed by atoms with van der Waals surface area (Å²) < 4.78 is 0. The summed E-state index contributed by atoms with van der Waals surface area (Å²) in [6, 6.07) is -0.715. The van der Waals surface area contributed by atoms with Crippen molar-refractivity contribution in [1.82, 2.24) is 10.6 Å². The highest BCUT2D eigenvalue weighted by atomic mass is 16.4. The van der Waals surface area contributed by atoms with E-state index in [9.17, 15) is 19.5 Å². The van der Waals surface area contributed by atoms with Crippen LogP contribution in [0.1, 0.15) is 105 Å². The predicted molar refractivity (Wildman–Crippen MR) is 142 cm³/mol. The molecule has 4 aliphatic carbocycles. The fraction of sp³-hybridized carbons (Fsp3) is 0.900. The first kappa shape index (κ1) is 28.4. The summed E-state index contributed by atoms with van der Waals surface area (Å²) in [7, 11) is 0. The molecule has 0 aliphatic heterocycles. The van der Waals surface area contributed by atoms with Crippen molar-refractivity contribution in [3.63, 3.8) is 0 Å². The summed E-state index contributed by atoms with van der Waals surface area (Å²) in [5.74, 6) is 1.98. The Morgan fingerprint density at radius 3 is 2.35 bits per heavy atom. The zero-order valence-corrected chi connectivity index (χ0v) is 23.4. The molecule has 7 heteroatoms. The molecule has 4 fully saturated rings. The molecule has 0 aromatic heterocycles. The van der Waals surface area contributed by atoms with E-state index in [1.54, 1.807) is 0 Å². The highest BCUT2D eigenvalue weighted by Gasteiger charge is 2.59. The molecule has 0 heterocycles. The number of aliphatic hydroxyl groups is 1. The molecule has 9 atom stereocenters. The van der Waals surface area contributed by atoms with E-state index in [0.29, 0.717) is 29.1 Å². The lowest BCUT2D eigenvalue weighted by molar-refractivity contribution is -0.138. The number of fused-ring (bicyclic) bond motifs is 5. The van der Waals surface area contributed by atoms with Gasteiger partial charge in [0.25, 0.3) is 0 Å². The van der Waals surface area contributed by atoms with Crippen LogP contribution >= 0.6 is 0 Å². The van der Waals surface area contributed by atoms with Gasteiger partial charge in [0.1, 0.15) is 12.6 Å². The van der Waals surface area contributed by atoms with Crippen LogP contribution in [0.25, 0.3) is 0 Å². The first-order valence-electron chi connectivity index (χ1n) is 14.9. The van der Waals surface area contributed by atoms with Crippen molar-refractivity contribution in [3.8, 4) is 0 Å². The Bertz CT molecular complexity index is 861. The number of hydrogen-bond donors (Lipinski definition) is 4. The van der Waals surface area contributed by atoms with E-state index >= 15 is 0 Å². The van der Waals surface area contributed by atoms with Crippen LogP contribution in [0.4, 0.5) is 0 Å². The van der Waals surface area contributed by atoms with E-state index in [4.69, 9.17) is 5.11 Å². The number of carbonyl (C=O) groups excluding carboxylic acids is 2. The molecule has 4 saturated carbocycles. The average molecular weight is 519 g/mol. The van der Waals surface area contributed by atoms with Gasteiger partial charge in [0.05, 0.1) is 6.10 Å². The number of aliphatic hydroxyl groups excluding tert-OH is 1. The van der Waals surface area contributed by atoms with E-state index in [2.05, 4.69) is 24.5 Å². The van der Waals surface area contributed by atoms with Crippen molar-refractivity contribution < 1.29 is 24.6 Å². The molecule has 0 radical (unpaired) electrons. The monoisotopic (exact) mass is 518 g/mol. The van der Waals surface area contributed by atoms with Gasteiger partial charge in [-0.2, -0.15) is 0 Å². The van der Waals surface area contributed by atoms with Crippen LogP contribution in [0.3, 0.4) is 0 Å². The van der Waals surface area contributed by atoms with Crippen molar-refractivity contribution in [2.45, 2.75) is 117 Å². The summed E-state index contributed by atoms with van der Waals surface area (Å²) >= 11 is 0. The summed E-state index contributed by atoms with van der Waals surface area (Å²) in [6.07, 6.45) is 13.2. The Morgan fingerprint density at radius 1 is 0.946 bits per heavy atom. The van der Waals surface area contributed by atoms with Crippen LogP contribution in [0.15, 0.2) is 0 Å². The van der Waals surface area contributed by atoms with Gasteiger partial charge in [-0.3, -0.25) is 14.4 Å². The van der Waals surface area contributed by atoms with Crippen molar-refractivity contribution in [2.24, 2.45) is 46.3 Å². The number of hydrogen-bond acceptors (Lipinski definition) is 4. The highest BCUT2D eigenvalue weighted by Crippen LogP contribution is 2.67. The van der Waals surface area contributed by atoms with Gasteiger partial charge in [-0.25, -0.2) is 0 Å². The molecule has 0 unspecified atom stereocenters. The molecule has 0 aromatic carbocycles. The Morgan fingerprint density at radius 2 is 1.65 bits per heavy atom. The fourth-order valence-corrected chi connectivity index (χ4v) is 9.38. The van der Waals surface area contributed by atoms with Gasteiger partial charge in [-0.05, 0) is 117 Å². The van der Waals surface area contributed by atoms with Gasteiger partial charge in [0, 0.05) is 6.42 Å². The van der Waals surface area contributed by atoms with Crippen molar-refractivity contribution in [1.29, 1.82) is 0 Å². The molecule has 2 amide bonds. The normalized spacial score (nSPS) is 39.7. The summed E-state index contributed by atoms with van der Waals surface area (Å²) in [5.41, 5.74) is 0.773. The lowest BCUT2D eigenvalue weighted by Crippen LogP contribution is -2.53. The number of carbonyl (C=O) groups is 3. The number of aliphatic carboxylic acids is 1. The lowest BCUT2D eigenvalue weighted by Gasteiger charge is -2.61. The van der Waals surface area contributed by atoms with Crippen molar-refractivity contribution >= 4 is 17.8 Å². The van der Waals surface area contributed by atoms with Gasteiger partial charge in [0.15, 0.2) is 0 Å². The van der Waals surface area contributed by atoms with Gasteiger partial charge < -0.3 is 20.8 Å². The van der Waals surface area contributed by atoms with E-state index in [1.165, 1.54) is 44.9 Å². The molecule has 0 aromatic rings. The third-order valence-corrected chi connectivity index (χ3v) is 11.5. The van der Waals surface area contributed by atoms with Gasteiger partial charge >= 0.3 is 5.97 Å². The van der Waals surface area contributed by atoms with E-state index in [1.807, 2.05) is 13.8 Å². The first-order valence-corrected chi connectivity index (χ1v) is 14.9. The summed E-state index contributed by atoms with van der Waals surface area (Å²) in [6.45, 7) is 8.34. The number of rotatable bonds is 9. The van der Waals surface area contributed by atoms with Crippen LogP contribution in [-0.2, 0) is 14.4 Å². The van der Waals surface area contributed by atoms with E-state index < -0.39 is 24.5 Å². The molecular formula is C30H50N2O5. The molecule has 37 heavy (non-hydrogen) atoms. The minimum atomic E-state index is -1.10. The smallest absolute Gasteiger partial charge is 0.322 e. The largest absolute Gasteiger partial charge is 0.480 e. The second-order valence-corrected chi connectivity index (χ2v) is 13.7. The molecule has 0 bridgehead atoms. The zero-order valence-electron chi connectivity index (χ0n) is 23.4. The van der Waals surface area contributed by atoms with Crippen LogP contribution < -0.4 is 10.6 Å². The van der Waals surface area contributed by atoms with E-state index in [0.717, 1.165) is 43.4 Å². The minimum absolute atomic E-state index is 0.0912. The Balaban J connectivity index is 1.29. The average Bonchev–Trinajstić information content (AvgIpc) is 3.17. The molecular weight excluding hydrogens is 468 g/mol. The standard InChI is InChI=1S/C30H50N2O5/c1-18(2)27(28(37)31-17-26(35)36)32-25(34)7-5-6-19-9-11-23-22-10-8-20-16-21(33)12-14-30(20,4)24(22)13-15-29(19,23)3/h18-24,27,33H,5-17H2,1-4H3,(H,31,37)(H,32,34)(H,35,36)/t19-,20+,21+,22-,23-,24-,27-,29+,30-/m0/s1. The van der Waals surface area contributed by atoms with Crippen LogP contribution in [0.2, 0.25) is 0 Å². The molecule has 0 spiro atoms. The fourth-order valence-electron chi connectivity index (χ4n) is 9.38. The van der Waals surface area contributed by atoms with E-state index in [-0.39, 0.29) is 17.9 Å². The Kier molecular flexibility index (Phi) is 8.62. The Labute approximate surface area is 222 Å². The second-order valence-electron chi connectivity index (χ2n) is 13.7. The van der Waals surface area contributed by atoms with Crippen molar-refractivity contribution in [3.05, 3.63) is 0 Å². The van der Waals surface area contributed by atoms with Crippen LogP contribution in [-0.4, -0.2) is 46.7 Å². The SMILES string of the molecule is CC(C)[C@H](NC(=O)CCC[C@H]1CC[C@H]2[C@@H]3CC[C@@H]4C[C@H](O)CC[C@]4(C)[C@H]3CC[C@]12C)C(=O)NCC(=O)O. The van der Waals surface area contributed by atoms with Crippen LogP contribution in [0.5, 0.6) is 0 Å². The summed E-state index contributed by atoms with van der Waals surface area (Å²) in [4.78, 5) is 35.8. The number of nitrogens with one attached hydrogen (secondary N) is 2. The van der Waals surface area contributed by atoms with Gasteiger partial charge in [-0.15, -0.1) is 0 Å². The molecule has 4 N–H and O–H groups in total. The predicted octanol–water partition coefficient (Wildman–Crippen LogP) is 4.52. The summed E-state index contributed by atoms with van der Waals surface area (Å²) in [5, 5.41) is 24.3. The maximum atomic E-state index is 12.7. The zero-order chi connectivity index (χ0) is 27.0. The molecule has 7 nitrogen and oxygen atoms in total. The molecule has 210 valence electrons. The number of carboxylic acid groups (broad SMARTS) is 1. The third kappa shape index (κ3) is 5.72. The van der Waals surface area contributed by atoms with Gasteiger partial charge in [-0.1, -0.05) is 27.7 Å². The van der Waals surface area contributed by atoms with Crippen LogP contribution in [0, 0.1) is 46.3 Å². The quantitative estimate of drug-likeness (QED) is 0.358. The van der Waals surface area contributed by atoms with Gasteiger partial charge in [0.2, 0.25) is 11.8 Å². The number of carboxylic acids is 1. The molecule has 4 rings (SSSR count). The first-order chi connectivity index (χ1) is 17.5. The topological polar surface area (TPSA) is 116 Å². The lowest BCUT2D eigenvalue weighted by atomic mass is 9.44. The third-order valence-electron chi connectivity index (χ3n) is 11.5. The second kappa shape index (κ2) is 11.2. The minimum Gasteiger partial charge on any atom is -0.480 e. The highest BCUT2D eigenvalue weighted by molar-refractivity contribution is 5.89. The number of amides is 2. The maximum absolute atomic E-state index is 12.7.